The number of unbranched alkanes of at least 4 members (excludes halogenated alkanes) is 2. The quantitative estimate of drug-likeness (QED) is 0.282. The van der Waals surface area contributed by atoms with Gasteiger partial charge in [-0.05, 0) is 12.8 Å². The summed E-state index contributed by atoms with van der Waals surface area (Å²) in [6.07, 6.45) is 6.89. The third-order valence-electron chi connectivity index (χ3n) is 6.06. The Balaban J connectivity index is 1.49. The molecule has 5 rings (SSSR count). The summed E-state index contributed by atoms with van der Waals surface area (Å²) in [6.45, 7) is 4.41. The summed E-state index contributed by atoms with van der Waals surface area (Å²) in [5.41, 5.74) is 0. The van der Waals surface area contributed by atoms with Crippen molar-refractivity contribution in [3.8, 4) is 11.5 Å². The molecule has 0 radical (unpaired) electrons. The third kappa shape index (κ3) is 3.86. The molecule has 2 fully saturated rings. The fraction of sp³-hybridized carbons (Fsp3) is 0.462. The van der Waals surface area contributed by atoms with Gasteiger partial charge < -0.3 is 18.9 Å². The molecule has 2 saturated heterocycles. The van der Waals surface area contributed by atoms with Gasteiger partial charge in [0.05, 0.1) is 0 Å². The highest BCUT2D eigenvalue weighted by Crippen LogP contribution is 2.46. The van der Waals surface area contributed by atoms with E-state index in [9.17, 15) is 0 Å². The Labute approximate surface area is 178 Å². The van der Waals surface area contributed by atoms with Crippen LogP contribution < -0.4 is 9.47 Å². The molecular formula is C26H30O4. The van der Waals surface area contributed by atoms with Crippen molar-refractivity contribution in [3.05, 3.63) is 48.5 Å². The summed E-state index contributed by atoms with van der Waals surface area (Å²) in [5, 5.41) is 4.23. The summed E-state index contributed by atoms with van der Waals surface area (Å²) >= 11 is 0. The van der Waals surface area contributed by atoms with E-state index in [0.29, 0.717) is 0 Å². The largest absolute Gasteiger partial charge is 0.461 e. The minimum Gasteiger partial charge on any atom is -0.461 e. The molecule has 4 atom stereocenters. The van der Waals surface area contributed by atoms with Crippen molar-refractivity contribution in [1.82, 2.24) is 0 Å². The molecule has 0 saturated carbocycles. The van der Waals surface area contributed by atoms with Gasteiger partial charge in [0.15, 0.2) is 0 Å². The Bertz CT molecular complexity index is 891. The maximum atomic E-state index is 6.40. The van der Waals surface area contributed by atoms with Gasteiger partial charge in [-0.1, -0.05) is 88.1 Å². The van der Waals surface area contributed by atoms with Gasteiger partial charge in [-0.15, -0.1) is 0 Å². The van der Waals surface area contributed by atoms with Crippen LogP contribution in [0.15, 0.2) is 48.5 Å². The number of rotatable bonds is 10. The first-order valence-corrected chi connectivity index (χ1v) is 11.4. The second-order valence-electron chi connectivity index (χ2n) is 8.36. The topological polar surface area (TPSA) is 43.5 Å². The van der Waals surface area contributed by atoms with Gasteiger partial charge in [0.1, 0.15) is 23.7 Å². The van der Waals surface area contributed by atoms with Crippen molar-refractivity contribution in [1.29, 1.82) is 0 Å². The highest BCUT2D eigenvalue weighted by Gasteiger charge is 2.42. The zero-order valence-electron chi connectivity index (χ0n) is 17.8. The number of hydrogen-bond donors (Lipinski definition) is 0. The lowest BCUT2D eigenvalue weighted by atomic mass is 10.0. The number of benzene rings is 3. The molecule has 30 heavy (non-hydrogen) atoms. The van der Waals surface area contributed by atoms with Crippen LogP contribution >= 0.6 is 0 Å². The zero-order chi connectivity index (χ0) is 20.5. The molecule has 0 bridgehead atoms. The van der Waals surface area contributed by atoms with Crippen LogP contribution in [0.3, 0.4) is 0 Å². The van der Waals surface area contributed by atoms with Crippen molar-refractivity contribution in [2.45, 2.75) is 77.2 Å². The molecule has 0 N–H and O–H groups in total. The van der Waals surface area contributed by atoms with Gasteiger partial charge in [0.25, 0.3) is 0 Å². The van der Waals surface area contributed by atoms with Crippen molar-refractivity contribution in [2.75, 3.05) is 0 Å². The lowest BCUT2D eigenvalue weighted by Crippen LogP contribution is -2.07. The summed E-state index contributed by atoms with van der Waals surface area (Å²) in [4.78, 5) is 0. The number of fused-ring (bicyclic) bond motifs is 2. The van der Waals surface area contributed by atoms with Crippen LogP contribution in [-0.2, 0) is 9.47 Å². The van der Waals surface area contributed by atoms with Gasteiger partial charge in [-0.3, -0.25) is 0 Å². The van der Waals surface area contributed by atoms with Gasteiger partial charge in [-0.25, -0.2) is 0 Å². The SMILES string of the molecule is CCCCC1OC1Oc1c2ccccc2c(OC2OC2CCCC)c2ccccc12. The van der Waals surface area contributed by atoms with E-state index in [1.165, 1.54) is 25.7 Å². The Hall–Kier alpha value is -2.30. The van der Waals surface area contributed by atoms with E-state index in [1.54, 1.807) is 0 Å². The molecule has 2 heterocycles. The first-order valence-electron chi connectivity index (χ1n) is 11.4. The number of ether oxygens (including phenoxy) is 4. The molecule has 4 nitrogen and oxygen atoms in total. The van der Waals surface area contributed by atoms with Gasteiger partial charge in [-0.2, -0.15) is 0 Å². The predicted octanol–water partition coefficient (Wildman–Crippen LogP) is 6.58. The normalized spacial score (nSPS) is 24.9. The van der Waals surface area contributed by atoms with E-state index < -0.39 is 0 Å². The maximum Gasteiger partial charge on any atom is 0.227 e. The van der Waals surface area contributed by atoms with Crippen LogP contribution in [0.5, 0.6) is 11.5 Å². The highest BCUT2D eigenvalue weighted by atomic mass is 16.8. The first-order chi connectivity index (χ1) is 14.8. The van der Waals surface area contributed by atoms with Gasteiger partial charge >= 0.3 is 0 Å². The molecule has 4 unspecified atom stereocenters. The lowest BCUT2D eigenvalue weighted by Gasteiger charge is -2.16. The molecule has 0 aromatic heterocycles. The fourth-order valence-corrected chi connectivity index (χ4v) is 4.21. The van der Waals surface area contributed by atoms with E-state index >= 15 is 0 Å². The minimum atomic E-state index is -0.152. The molecule has 158 valence electrons. The average molecular weight is 407 g/mol. The van der Waals surface area contributed by atoms with Crippen LogP contribution in [0, 0.1) is 0 Å². The molecule has 0 spiro atoms. The zero-order valence-corrected chi connectivity index (χ0v) is 17.8. The van der Waals surface area contributed by atoms with E-state index in [1.807, 2.05) is 24.3 Å². The summed E-state index contributed by atoms with van der Waals surface area (Å²) in [6, 6.07) is 16.6. The fourth-order valence-electron chi connectivity index (χ4n) is 4.21. The summed E-state index contributed by atoms with van der Waals surface area (Å²) < 4.78 is 24.4. The smallest absolute Gasteiger partial charge is 0.227 e. The van der Waals surface area contributed by atoms with E-state index in [2.05, 4.69) is 38.1 Å². The van der Waals surface area contributed by atoms with Crippen LogP contribution in [0.2, 0.25) is 0 Å². The molecule has 0 amide bonds. The van der Waals surface area contributed by atoms with Gasteiger partial charge in [0, 0.05) is 21.5 Å². The molecule has 2 aliphatic rings. The second kappa shape index (κ2) is 8.44. The first kappa shape index (κ1) is 19.7. The van der Waals surface area contributed by atoms with Crippen LogP contribution in [0.25, 0.3) is 21.5 Å². The summed E-state index contributed by atoms with van der Waals surface area (Å²) in [7, 11) is 0. The Kier molecular flexibility index (Phi) is 5.53. The van der Waals surface area contributed by atoms with E-state index in [-0.39, 0.29) is 24.8 Å². The second-order valence-corrected chi connectivity index (χ2v) is 8.36. The number of epoxide rings is 2. The van der Waals surface area contributed by atoms with E-state index in [0.717, 1.165) is 45.9 Å². The molecule has 2 aliphatic heterocycles. The summed E-state index contributed by atoms with van der Waals surface area (Å²) in [5.74, 6) is 1.77. The molecule has 4 heteroatoms. The Morgan fingerprint density at radius 2 is 1.00 bits per heavy atom. The maximum absolute atomic E-state index is 6.40. The predicted molar refractivity (Wildman–Crippen MR) is 119 cm³/mol. The Morgan fingerprint density at radius 3 is 1.33 bits per heavy atom. The molecule has 3 aromatic carbocycles. The van der Waals surface area contributed by atoms with Crippen LogP contribution in [0.4, 0.5) is 0 Å². The molecule has 3 aromatic rings. The lowest BCUT2D eigenvalue weighted by molar-refractivity contribution is 0.179. The van der Waals surface area contributed by atoms with Crippen molar-refractivity contribution in [2.24, 2.45) is 0 Å². The van der Waals surface area contributed by atoms with Gasteiger partial charge in [0.2, 0.25) is 12.6 Å². The van der Waals surface area contributed by atoms with Crippen molar-refractivity contribution < 1.29 is 18.9 Å². The third-order valence-corrected chi connectivity index (χ3v) is 6.06. The van der Waals surface area contributed by atoms with E-state index in [4.69, 9.17) is 18.9 Å². The standard InChI is InChI=1S/C26H30O4/c1-3-5-15-21-25(27-21)29-23-17-11-7-9-13-19(17)24(20-14-10-8-12-18(20)23)30-26-22(28-26)16-6-4-2/h7-14,21-22,25-26H,3-6,15-16H2,1-2H3. The minimum absolute atomic E-state index is 0.152. The van der Waals surface area contributed by atoms with Crippen molar-refractivity contribution >= 4 is 21.5 Å². The monoisotopic (exact) mass is 406 g/mol. The highest BCUT2D eigenvalue weighted by molar-refractivity contribution is 6.11. The molecular weight excluding hydrogens is 376 g/mol. The van der Waals surface area contributed by atoms with Crippen LogP contribution in [0.1, 0.15) is 52.4 Å². The van der Waals surface area contributed by atoms with Crippen molar-refractivity contribution in [3.63, 3.8) is 0 Å². The Morgan fingerprint density at radius 1 is 0.633 bits per heavy atom. The number of hydrogen-bond acceptors (Lipinski definition) is 4. The van der Waals surface area contributed by atoms with Crippen LogP contribution in [-0.4, -0.2) is 24.8 Å². The molecule has 0 aliphatic carbocycles. The average Bonchev–Trinajstić information content (AvgIpc) is 3.70.